The Bertz CT molecular complexity index is 1830. The van der Waals surface area contributed by atoms with Crippen LogP contribution in [0.5, 0.6) is 0 Å². The van der Waals surface area contributed by atoms with Gasteiger partial charge in [-0.25, -0.2) is 18.7 Å². The maximum atomic E-state index is 14.5. The second-order valence-corrected chi connectivity index (χ2v) is 11.8. The van der Waals surface area contributed by atoms with Crippen LogP contribution in [0.1, 0.15) is 52.0 Å². The van der Waals surface area contributed by atoms with E-state index in [1.807, 2.05) is 6.92 Å². The molecule has 0 radical (unpaired) electrons. The number of nitrogens with zero attached hydrogens (tertiary/aromatic N) is 6. The number of benzene rings is 1. The van der Waals surface area contributed by atoms with Crippen LogP contribution in [-0.2, 0) is 12.2 Å². The molecule has 0 bridgehead atoms. The van der Waals surface area contributed by atoms with E-state index in [1.54, 1.807) is 0 Å². The minimum absolute atomic E-state index is 0.00420. The van der Waals surface area contributed by atoms with Crippen molar-refractivity contribution < 1.29 is 40.3 Å². The Kier molecular flexibility index (Phi) is 9.20. The van der Waals surface area contributed by atoms with E-state index in [-0.39, 0.29) is 55.8 Å². The van der Waals surface area contributed by atoms with E-state index in [0.717, 1.165) is 23.6 Å². The number of aromatic nitrogens is 6. The molecule has 2 amide bonds. The molecule has 4 aromatic rings. The minimum atomic E-state index is -6.40. The van der Waals surface area contributed by atoms with Crippen molar-refractivity contribution in [3.05, 3.63) is 80.4 Å². The molecule has 0 spiro atoms. The van der Waals surface area contributed by atoms with Gasteiger partial charge in [-0.05, 0) is 56.0 Å². The zero-order valence-electron chi connectivity index (χ0n) is 23.6. The molecule has 47 heavy (non-hydrogen) atoms. The Labute approximate surface area is 275 Å². The summed E-state index contributed by atoms with van der Waals surface area (Å²) in [6, 6.07) is 6.38. The Morgan fingerprint density at radius 3 is 2.30 bits per heavy atom. The third-order valence-electron chi connectivity index (χ3n) is 7.16. The van der Waals surface area contributed by atoms with Crippen LogP contribution in [-0.4, -0.2) is 60.0 Å². The molecule has 0 saturated heterocycles. The predicted molar refractivity (Wildman–Crippen MR) is 154 cm³/mol. The molecule has 1 saturated carbocycles. The van der Waals surface area contributed by atoms with Gasteiger partial charge in [0.15, 0.2) is 5.82 Å². The van der Waals surface area contributed by atoms with Crippen molar-refractivity contribution in [2.24, 2.45) is 5.92 Å². The normalized spacial score (nSPS) is 14.6. The molecular formula is C27H20Cl3F7N8O2. The summed E-state index contributed by atoms with van der Waals surface area (Å²) in [5, 5.41) is 15.5. The lowest BCUT2D eigenvalue weighted by molar-refractivity contribution is -0.350. The predicted octanol–water partition coefficient (Wildman–Crippen LogP) is 6.94. The van der Waals surface area contributed by atoms with Gasteiger partial charge in [-0.1, -0.05) is 40.0 Å². The second-order valence-electron chi connectivity index (χ2n) is 10.6. The summed E-state index contributed by atoms with van der Waals surface area (Å²) < 4.78 is 95.1. The van der Waals surface area contributed by atoms with Crippen molar-refractivity contribution in [3.8, 4) is 5.82 Å². The van der Waals surface area contributed by atoms with E-state index in [1.165, 1.54) is 30.5 Å². The summed E-state index contributed by atoms with van der Waals surface area (Å²) in [6.45, 7) is 1.15. The van der Waals surface area contributed by atoms with E-state index in [4.69, 9.17) is 34.8 Å². The van der Waals surface area contributed by atoms with Crippen molar-refractivity contribution in [3.63, 3.8) is 0 Å². The average Bonchev–Trinajstić information content (AvgIpc) is 3.59. The minimum Gasteiger partial charge on any atom is -0.349 e. The number of carbonyl (C=O) groups excluding carboxylic acids is 2. The van der Waals surface area contributed by atoms with Gasteiger partial charge < -0.3 is 10.6 Å². The van der Waals surface area contributed by atoms with Crippen molar-refractivity contribution in [2.45, 2.75) is 50.4 Å². The Morgan fingerprint density at radius 1 is 1.00 bits per heavy atom. The molecule has 0 aliphatic heterocycles. The number of hydrogen-bond acceptors (Lipinski definition) is 6. The lowest BCUT2D eigenvalue weighted by Crippen LogP contribution is -2.50. The molecule has 3 aromatic heterocycles. The number of nitrogens with one attached hydrogen (secondary N) is 2. The highest BCUT2D eigenvalue weighted by Gasteiger charge is 2.75. The van der Waals surface area contributed by atoms with Gasteiger partial charge in [0.25, 0.3) is 11.8 Å². The monoisotopic (exact) mass is 726 g/mol. The van der Waals surface area contributed by atoms with E-state index in [2.05, 4.69) is 31.0 Å². The zero-order chi connectivity index (χ0) is 34.5. The zero-order valence-corrected chi connectivity index (χ0v) is 25.9. The van der Waals surface area contributed by atoms with Crippen LogP contribution in [0.25, 0.3) is 5.82 Å². The molecule has 1 aliphatic rings. The molecule has 2 N–H and O–H groups in total. The van der Waals surface area contributed by atoms with Crippen molar-refractivity contribution in [1.29, 1.82) is 0 Å². The van der Waals surface area contributed by atoms with Crippen molar-refractivity contribution in [2.75, 3.05) is 5.32 Å². The summed E-state index contributed by atoms with van der Waals surface area (Å²) in [5.41, 5.74) is -8.53. The summed E-state index contributed by atoms with van der Waals surface area (Å²) in [6.07, 6.45) is -9.48. The van der Waals surface area contributed by atoms with Crippen LogP contribution < -0.4 is 10.6 Å². The quantitative estimate of drug-likeness (QED) is 0.181. The largest absolute Gasteiger partial charge is 0.437 e. The van der Waals surface area contributed by atoms with Gasteiger partial charge in [-0.2, -0.15) is 31.4 Å². The number of alkyl halides is 7. The molecule has 1 aliphatic carbocycles. The summed E-state index contributed by atoms with van der Waals surface area (Å²) in [4.78, 5) is 30.9. The standard InChI is InChI=1S/C27H20Cl3F7N8O2/c1-12(13-4-5-13)39-23(46)16-7-14(28)8-18(30)21(16)40-24(47)19-9-15(42-45(19)22-17(29)3-2-6-38-22)10-44-11-20(41-43-44)25(31,26(32,33)34)27(35,36)37/h2-3,6-9,11-13H,4-5,10H2,1H3,(H,39,46)(H,40,47). The SMILES string of the molecule is CC(NC(=O)c1cc(Cl)cc(Cl)c1NC(=O)c1cc(Cn2cc(C(F)(C(F)(F)F)C(F)(F)F)nn2)nn1-c1ncccc1Cl)C1CC1. The molecule has 10 nitrogen and oxygen atoms in total. The Morgan fingerprint density at radius 2 is 1.68 bits per heavy atom. The smallest absolute Gasteiger partial charge is 0.349 e. The number of amides is 2. The first-order valence-corrected chi connectivity index (χ1v) is 14.6. The van der Waals surface area contributed by atoms with E-state index >= 15 is 0 Å². The average molecular weight is 728 g/mol. The van der Waals surface area contributed by atoms with Crippen LogP contribution in [0.2, 0.25) is 15.1 Å². The third kappa shape index (κ3) is 6.87. The van der Waals surface area contributed by atoms with Gasteiger partial charge in [-0.15, -0.1) is 5.10 Å². The highest BCUT2D eigenvalue weighted by atomic mass is 35.5. The molecule has 250 valence electrons. The molecule has 1 unspecified atom stereocenters. The van der Waals surface area contributed by atoms with Gasteiger partial charge in [-0.3, -0.25) is 9.59 Å². The van der Waals surface area contributed by atoms with Gasteiger partial charge in [0.2, 0.25) is 0 Å². The fourth-order valence-corrected chi connectivity index (χ4v) is 5.31. The van der Waals surface area contributed by atoms with Crippen molar-refractivity contribution in [1.82, 2.24) is 35.1 Å². The number of anilines is 1. The first-order valence-electron chi connectivity index (χ1n) is 13.4. The molecule has 1 atom stereocenters. The van der Waals surface area contributed by atoms with Crippen LogP contribution in [0.4, 0.5) is 36.4 Å². The number of rotatable bonds is 9. The van der Waals surface area contributed by atoms with Crippen LogP contribution in [0, 0.1) is 5.92 Å². The van der Waals surface area contributed by atoms with E-state index in [9.17, 15) is 40.3 Å². The Hall–Kier alpha value is -3.96. The van der Waals surface area contributed by atoms with Gasteiger partial charge in [0.05, 0.1) is 39.7 Å². The lowest BCUT2D eigenvalue weighted by atomic mass is 10.0. The molecule has 5 rings (SSSR count). The Balaban J connectivity index is 1.50. The maximum absolute atomic E-state index is 14.5. The lowest BCUT2D eigenvalue weighted by Gasteiger charge is -2.27. The van der Waals surface area contributed by atoms with Crippen LogP contribution >= 0.6 is 34.8 Å². The summed E-state index contributed by atoms with van der Waals surface area (Å²) in [5.74, 6) is -1.31. The van der Waals surface area contributed by atoms with E-state index in [0.29, 0.717) is 10.6 Å². The van der Waals surface area contributed by atoms with Gasteiger partial charge >= 0.3 is 18.0 Å². The first kappa shape index (κ1) is 34.4. The molecule has 1 fully saturated rings. The molecule has 1 aromatic carbocycles. The van der Waals surface area contributed by atoms with Crippen LogP contribution in [0.3, 0.4) is 0 Å². The first-order chi connectivity index (χ1) is 21.9. The fourth-order valence-electron chi connectivity index (χ4n) is 4.57. The third-order valence-corrected chi connectivity index (χ3v) is 7.97. The fraction of sp³-hybridized carbons (Fsp3) is 0.333. The summed E-state index contributed by atoms with van der Waals surface area (Å²) in [7, 11) is 0. The topological polar surface area (TPSA) is 120 Å². The number of halogens is 10. The summed E-state index contributed by atoms with van der Waals surface area (Å²) >= 11 is 18.8. The number of carbonyl (C=O) groups is 2. The molecule has 20 heteroatoms. The maximum Gasteiger partial charge on any atom is 0.437 e. The second kappa shape index (κ2) is 12.6. The molecular weight excluding hydrogens is 708 g/mol. The highest BCUT2D eigenvalue weighted by Crippen LogP contribution is 2.52. The number of hydrogen-bond donors (Lipinski definition) is 2. The van der Waals surface area contributed by atoms with Gasteiger partial charge in [0.1, 0.15) is 11.4 Å². The van der Waals surface area contributed by atoms with Gasteiger partial charge in [0, 0.05) is 17.3 Å². The highest BCUT2D eigenvalue weighted by molar-refractivity contribution is 6.38. The molecule has 3 heterocycles. The van der Waals surface area contributed by atoms with Crippen molar-refractivity contribution >= 4 is 52.3 Å². The van der Waals surface area contributed by atoms with E-state index < -0.39 is 42.1 Å². The van der Waals surface area contributed by atoms with Crippen LogP contribution in [0.15, 0.2) is 42.7 Å². The number of pyridine rings is 1.